The monoisotopic (exact) mass is 486 g/mol. The number of aryl methyl sites for hydroxylation is 1. The summed E-state index contributed by atoms with van der Waals surface area (Å²) in [4.78, 5) is 7.39. The van der Waals surface area contributed by atoms with Crippen LogP contribution in [0, 0.1) is 0 Å². The fraction of sp³-hybridized carbons (Fsp3) is 0.300. The Bertz CT molecular complexity index is 1320. The zero-order valence-electron chi connectivity index (χ0n) is 20.1. The highest BCUT2D eigenvalue weighted by Crippen LogP contribution is 2.36. The lowest BCUT2D eigenvalue weighted by molar-refractivity contribution is 0.333. The van der Waals surface area contributed by atoms with Crippen molar-refractivity contribution < 1.29 is 9.52 Å². The summed E-state index contributed by atoms with van der Waals surface area (Å²) in [6, 6.07) is 19.8. The van der Waals surface area contributed by atoms with Crippen LogP contribution in [0.1, 0.15) is 55.0 Å². The summed E-state index contributed by atoms with van der Waals surface area (Å²) in [7, 11) is 0. The Hall–Kier alpha value is -3.08. The van der Waals surface area contributed by atoms with Gasteiger partial charge in [0.2, 0.25) is 0 Å². The summed E-state index contributed by atoms with van der Waals surface area (Å²) in [6.07, 6.45) is 7.63. The van der Waals surface area contributed by atoms with Crippen molar-refractivity contribution in [3.63, 3.8) is 0 Å². The molecule has 2 aromatic heterocycles. The van der Waals surface area contributed by atoms with Gasteiger partial charge >= 0.3 is 0 Å². The van der Waals surface area contributed by atoms with Gasteiger partial charge in [-0.15, -0.1) is 0 Å². The van der Waals surface area contributed by atoms with Gasteiger partial charge in [-0.1, -0.05) is 31.2 Å². The second-order valence-electron chi connectivity index (χ2n) is 9.25. The molecule has 0 aliphatic carbocycles. The van der Waals surface area contributed by atoms with E-state index < -0.39 is 0 Å². The minimum absolute atomic E-state index is 0.257. The summed E-state index contributed by atoms with van der Waals surface area (Å²) in [6.45, 7) is 5.80. The Morgan fingerprint density at radius 1 is 0.971 bits per heavy atom. The zero-order valence-corrected chi connectivity index (χ0v) is 20.9. The first kappa shape index (κ1) is 23.7. The standard InChI is InChI=1S/C30H31ClN2O2/c1-2-27(22-10-14-28-24(18-22)19-29(31)35-28)30(21-8-12-26(34)13-9-21)23-7-11-25(32-20-23)6-5-17-33-15-3-4-16-33/h7-14,18-20,34H,2-6,15-17H2,1H3/b30-27+. The van der Waals surface area contributed by atoms with Gasteiger partial charge in [0, 0.05) is 28.9 Å². The molecule has 0 radical (unpaired) electrons. The third kappa shape index (κ3) is 5.44. The van der Waals surface area contributed by atoms with E-state index in [-0.39, 0.29) is 5.75 Å². The number of benzene rings is 2. The number of furan rings is 1. The lowest BCUT2D eigenvalue weighted by Crippen LogP contribution is -2.20. The van der Waals surface area contributed by atoms with Crippen molar-refractivity contribution in [1.29, 1.82) is 0 Å². The van der Waals surface area contributed by atoms with Crippen molar-refractivity contribution in [2.24, 2.45) is 0 Å². The van der Waals surface area contributed by atoms with Crippen molar-refractivity contribution in [1.82, 2.24) is 9.88 Å². The number of nitrogens with zero attached hydrogens (tertiary/aromatic N) is 2. The smallest absolute Gasteiger partial charge is 0.194 e. The van der Waals surface area contributed by atoms with Gasteiger partial charge in [-0.3, -0.25) is 4.98 Å². The van der Waals surface area contributed by atoms with Crippen molar-refractivity contribution >= 4 is 33.7 Å². The zero-order chi connectivity index (χ0) is 24.2. The van der Waals surface area contributed by atoms with Gasteiger partial charge in [0.1, 0.15) is 11.3 Å². The fourth-order valence-electron chi connectivity index (χ4n) is 5.08. The van der Waals surface area contributed by atoms with Gasteiger partial charge in [0.05, 0.1) is 0 Å². The van der Waals surface area contributed by atoms with Gasteiger partial charge in [0.25, 0.3) is 0 Å². The van der Waals surface area contributed by atoms with Crippen LogP contribution >= 0.6 is 11.6 Å². The summed E-state index contributed by atoms with van der Waals surface area (Å²) in [5.74, 6) is 0.257. The van der Waals surface area contributed by atoms with Crippen LogP contribution in [0.15, 0.2) is 71.3 Å². The van der Waals surface area contributed by atoms with E-state index >= 15 is 0 Å². The first-order valence-corrected chi connectivity index (χ1v) is 12.9. The number of aromatic nitrogens is 1. The predicted molar refractivity (Wildman–Crippen MR) is 144 cm³/mol. The lowest BCUT2D eigenvalue weighted by atomic mass is 9.88. The Labute approximate surface area is 211 Å². The molecule has 1 aliphatic rings. The average molecular weight is 487 g/mol. The van der Waals surface area contributed by atoms with Crippen LogP contribution in [-0.4, -0.2) is 34.6 Å². The molecule has 3 heterocycles. The highest BCUT2D eigenvalue weighted by atomic mass is 35.5. The molecular weight excluding hydrogens is 456 g/mol. The summed E-state index contributed by atoms with van der Waals surface area (Å²) in [5, 5.41) is 11.3. The van der Waals surface area contributed by atoms with E-state index in [9.17, 15) is 5.11 Å². The number of pyridine rings is 1. The maximum absolute atomic E-state index is 9.89. The van der Waals surface area contributed by atoms with E-state index in [1.165, 1.54) is 31.5 Å². The molecular formula is C30H31ClN2O2. The molecule has 1 fully saturated rings. The number of halogens is 1. The molecule has 0 unspecified atom stereocenters. The molecule has 0 amide bonds. The number of aromatic hydroxyl groups is 1. The number of hydrogen-bond donors (Lipinski definition) is 1. The Morgan fingerprint density at radius 2 is 1.71 bits per heavy atom. The quantitative estimate of drug-likeness (QED) is 0.261. The average Bonchev–Trinajstić information content (AvgIpc) is 3.52. The number of allylic oxidation sites excluding steroid dienone is 1. The fourth-order valence-corrected chi connectivity index (χ4v) is 5.28. The predicted octanol–water partition coefficient (Wildman–Crippen LogP) is 7.58. The second-order valence-corrected chi connectivity index (χ2v) is 9.62. The van der Waals surface area contributed by atoms with Gasteiger partial charge < -0.3 is 14.4 Å². The molecule has 1 aliphatic heterocycles. The van der Waals surface area contributed by atoms with Crippen molar-refractivity contribution in [3.05, 3.63) is 94.5 Å². The molecule has 0 spiro atoms. The maximum Gasteiger partial charge on any atom is 0.194 e. The SMILES string of the molecule is CC/C(=C(/c1ccc(O)cc1)c1ccc(CCCN2CCCC2)nc1)c1ccc2oc(Cl)cc2c1. The van der Waals surface area contributed by atoms with Gasteiger partial charge in [-0.25, -0.2) is 0 Å². The molecule has 1 N–H and O–H groups in total. The Morgan fingerprint density at radius 3 is 2.43 bits per heavy atom. The van der Waals surface area contributed by atoms with Crippen molar-refractivity contribution in [3.8, 4) is 5.75 Å². The first-order valence-electron chi connectivity index (χ1n) is 12.5. The molecule has 0 atom stereocenters. The maximum atomic E-state index is 9.89. The van der Waals surface area contributed by atoms with Crippen LogP contribution in [0.5, 0.6) is 5.75 Å². The van der Waals surface area contributed by atoms with Crippen LogP contribution in [0.4, 0.5) is 0 Å². The van der Waals surface area contributed by atoms with Gasteiger partial charge in [-0.05, 0) is 116 Å². The van der Waals surface area contributed by atoms with Crippen LogP contribution in [-0.2, 0) is 6.42 Å². The molecule has 2 aromatic carbocycles. The number of phenolic OH excluding ortho intramolecular Hbond substituents is 1. The van der Waals surface area contributed by atoms with E-state index in [1.54, 1.807) is 12.1 Å². The van der Waals surface area contributed by atoms with Crippen LogP contribution in [0.3, 0.4) is 0 Å². The molecule has 5 rings (SSSR count). The molecule has 4 aromatic rings. The highest BCUT2D eigenvalue weighted by Gasteiger charge is 2.16. The third-order valence-electron chi connectivity index (χ3n) is 6.87. The number of likely N-dealkylation sites (tertiary alicyclic amines) is 1. The molecule has 4 nitrogen and oxygen atoms in total. The molecule has 180 valence electrons. The largest absolute Gasteiger partial charge is 0.508 e. The Balaban J connectivity index is 1.49. The van der Waals surface area contributed by atoms with E-state index in [4.69, 9.17) is 21.0 Å². The number of hydrogen-bond acceptors (Lipinski definition) is 4. The van der Waals surface area contributed by atoms with E-state index in [0.29, 0.717) is 5.22 Å². The molecule has 0 bridgehead atoms. The molecule has 35 heavy (non-hydrogen) atoms. The summed E-state index contributed by atoms with van der Waals surface area (Å²) < 4.78 is 5.57. The lowest BCUT2D eigenvalue weighted by Gasteiger charge is -2.17. The van der Waals surface area contributed by atoms with Gasteiger partial charge in [-0.2, -0.15) is 0 Å². The first-order chi connectivity index (χ1) is 17.1. The minimum Gasteiger partial charge on any atom is -0.508 e. The minimum atomic E-state index is 0.257. The second kappa shape index (κ2) is 10.7. The van der Waals surface area contributed by atoms with E-state index in [2.05, 4.69) is 36.1 Å². The van der Waals surface area contributed by atoms with Crippen LogP contribution in [0.2, 0.25) is 5.22 Å². The normalized spacial score (nSPS) is 15.0. The van der Waals surface area contributed by atoms with Gasteiger partial charge in [0.15, 0.2) is 5.22 Å². The van der Waals surface area contributed by atoms with Crippen LogP contribution in [0.25, 0.3) is 22.1 Å². The summed E-state index contributed by atoms with van der Waals surface area (Å²) in [5.41, 5.74) is 7.48. The van der Waals surface area contributed by atoms with E-state index in [0.717, 1.165) is 64.7 Å². The summed E-state index contributed by atoms with van der Waals surface area (Å²) >= 11 is 6.09. The molecule has 5 heteroatoms. The number of fused-ring (bicyclic) bond motifs is 1. The van der Waals surface area contributed by atoms with Crippen LogP contribution < -0.4 is 0 Å². The van der Waals surface area contributed by atoms with Crippen molar-refractivity contribution in [2.45, 2.75) is 39.0 Å². The highest BCUT2D eigenvalue weighted by molar-refractivity contribution is 6.29. The van der Waals surface area contributed by atoms with Crippen molar-refractivity contribution in [2.75, 3.05) is 19.6 Å². The molecule has 0 saturated carbocycles. The van der Waals surface area contributed by atoms with E-state index in [1.807, 2.05) is 30.5 Å². The third-order valence-corrected chi connectivity index (χ3v) is 7.05. The number of rotatable bonds is 8. The topological polar surface area (TPSA) is 49.5 Å². The number of phenols is 1. The Kier molecular flexibility index (Phi) is 7.21. The molecule has 1 saturated heterocycles.